The Hall–Kier alpha value is -2.09. The van der Waals surface area contributed by atoms with Gasteiger partial charge in [0.1, 0.15) is 0 Å². The average molecular weight is 436 g/mol. The summed E-state index contributed by atoms with van der Waals surface area (Å²) in [6.45, 7) is 3.09. The van der Waals surface area contributed by atoms with Crippen molar-refractivity contribution in [3.05, 3.63) is 64.7 Å². The van der Waals surface area contributed by atoms with Crippen molar-refractivity contribution < 1.29 is 13.2 Å². The van der Waals surface area contributed by atoms with Crippen molar-refractivity contribution >= 4 is 27.7 Å². The van der Waals surface area contributed by atoms with Gasteiger partial charge in [-0.05, 0) is 49.1 Å². The molecule has 1 saturated heterocycles. The molecule has 1 fully saturated rings. The molecule has 6 nitrogen and oxygen atoms in total. The highest BCUT2D eigenvalue weighted by molar-refractivity contribution is 7.89. The number of halogens is 1. The van der Waals surface area contributed by atoms with E-state index in [2.05, 4.69) is 10.6 Å². The Kier molecular flexibility index (Phi) is 7.16. The van der Waals surface area contributed by atoms with Crippen molar-refractivity contribution in [2.45, 2.75) is 43.7 Å². The van der Waals surface area contributed by atoms with Gasteiger partial charge in [0.2, 0.25) is 10.0 Å². The summed E-state index contributed by atoms with van der Waals surface area (Å²) in [5.41, 5.74) is 1.50. The largest absolute Gasteiger partial charge is 0.334 e. The first-order chi connectivity index (χ1) is 13.9. The van der Waals surface area contributed by atoms with Crippen molar-refractivity contribution in [2.24, 2.45) is 0 Å². The fourth-order valence-electron chi connectivity index (χ4n) is 3.40. The minimum atomic E-state index is -3.56. The topological polar surface area (TPSA) is 78.5 Å². The van der Waals surface area contributed by atoms with Gasteiger partial charge in [0.25, 0.3) is 0 Å². The van der Waals surface area contributed by atoms with E-state index < -0.39 is 10.0 Å². The second kappa shape index (κ2) is 9.61. The lowest BCUT2D eigenvalue weighted by atomic mass is 10.1. The fraction of sp³-hybridized carbons (Fsp3) is 0.381. The SMILES string of the molecule is C[C@@H](NC(=O)NCc1ccccc1S(=O)(=O)N1CCCCC1)c1ccc(Cl)cc1. The van der Waals surface area contributed by atoms with Gasteiger partial charge in [-0.25, -0.2) is 13.2 Å². The molecule has 2 aromatic carbocycles. The second-order valence-corrected chi connectivity index (χ2v) is 9.52. The minimum absolute atomic E-state index is 0.127. The molecule has 1 atom stereocenters. The first-order valence-corrected chi connectivity index (χ1v) is 11.6. The number of piperidine rings is 1. The number of carbonyl (C=O) groups is 1. The van der Waals surface area contributed by atoms with E-state index in [0.717, 1.165) is 24.8 Å². The van der Waals surface area contributed by atoms with Crippen LogP contribution in [-0.4, -0.2) is 31.8 Å². The maximum absolute atomic E-state index is 13.0. The molecule has 0 radical (unpaired) electrons. The Morgan fingerprint density at radius 3 is 2.41 bits per heavy atom. The summed E-state index contributed by atoms with van der Waals surface area (Å²) >= 11 is 5.90. The van der Waals surface area contributed by atoms with E-state index in [1.54, 1.807) is 36.4 Å². The van der Waals surface area contributed by atoms with Crippen LogP contribution in [0.1, 0.15) is 43.4 Å². The lowest BCUT2D eigenvalue weighted by Gasteiger charge is -2.27. The predicted octanol–water partition coefficient (Wildman–Crippen LogP) is 4.08. The molecule has 156 valence electrons. The molecule has 8 heteroatoms. The summed E-state index contributed by atoms with van der Waals surface area (Å²) < 4.78 is 27.6. The van der Waals surface area contributed by atoms with Gasteiger partial charge in [-0.3, -0.25) is 0 Å². The minimum Gasteiger partial charge on any atom is -0.334 e. The lowest BCUT2D eigenvalue weighted by molar-refractivity contribution is 0.237. The van der Waals surface area contributed by atoms with E-state index >= 15 is 0 Å². The number of nitrogens with one attached hydrogen (secondary N) is 2. The molecular weight excluding hydrogens is 410 g/mol. The van der Waals surface area contributed by atoms with E-state index in [4.69, 9.17) is 11.6 Å². The van der Waals surface area contributed by atoms with E-state index in [9.17, 15) is 13.2 Å². The summed E-state index contributed by atoms with van der Waals surface area (Å²) in [7, 11) is -3.56. The third-order valence-corrected chi connectivity index (χ3v) is 7.31. The van der Waals surface area contributed by atoms with Crippen molar-refractivity contribution in [1.29, 1.82) is 0 Å². The molecule has 2 N–H and O–H groups in total. The van der Waals surface area contributed by atoms with Crippen LogP contribution in [0.4, 0.5) is 4.79 Å². The van der Waals surface area contributed by atoms with Crippen LogP contribution in [0.5, 0.6) is 0 Å². The number of sulfonamides is 1. The van der Waals surface area contributed by atoms with E-state index in [0.29, 0.717) is 23.7 Å². The highest BCUT2D eigenvalue weighted by Gasteiger charge is 2.27. The molecule has 2 amide bonds. The van der Waals surface area contributed by atoms with Gasteiger partial charge in [-0.2, -0.15) is 4.31 Å². The van der Waals surface area contributed by atoms with Crippen LogP contribution >= 0.6 is 11.6 Å². The van der Waals surface area contributed by atoms with Crippen LogP contribution in [0, 0.1) is 0 Å². The molecule has 29 heavy (non-hydrogen) atoms. The maximum atomic E-state index is 13.0. The zero-order chi connectivity index (χ0) is 20.9. The second-order valence-electron chi connectivity index (χ2n) is 7.17. The number of nitrogens with zero attached hydrogens (tertiary/aromatic N) is 1. The lowest BCUT2D eigenvalue weighted by Crippen LogP contribution is -2.38. The van der Waals surface area contributed by atoms with E-state index in [-0.39, 0.29) is 23.5 Å². The molecule has 0 aliphatic carbocycles. The number of carbonyl (C=O) groups excluding carboxylic acids is 1. The number of rotatable bonds is 6. The van der Waals surface area contributed by atoms with Crippen LogP contribution < -0.4 is 10.6 Å². The maximum Gasteiger partial charge on any atom is 0.315 e. The van der Waals surface area contributed by atoms with Gasteiger partial charge < -0.3 is 10.6 Å². The van der Waals surface area contributed by atoms with Crippen LogP contribution in [0.3, 0.4) is 0 Å². The summed E-state index contributed by atoms with van der Waals surface area (Å²) in [6.07, 6.45) is 2.82. The monoisotopic (exact) mass is 435 g/mol. The normalized spacial score (nSPS) is 16.2. The van der Waals surface area contributed by atoms with Crippen molar-refractivity contribution in [3.8, 4) is 0 Å². The number of benzene rings is 2. The highest BCUT2D eigenvalue weighted by Crippen LogP contribution is 2.23. The van der Waals surface area contributed by atoms with Gasteiger partial charge in [-0.15, -0.1) is 0 Å². The first kappa shape index (κ1) is 21.6. The first-order valence-electron chi connectivity index (χ1n) is 9.76. The van der Waals surface area contributed by atoms with E-state index in [1.807, 2.05) is 19.1 Å². The van der Waals surface area contributed by atoms with Crippen molar-refractivity contribution in [2.75, 3.05) is 13.1 Å². The van der Waals surface area contributed by atoms with Crippen LogP contribution in [0.25, 0.3) is 0 Å². The highest BCUT2D eigenvalue weighted by atomic mass is 35.5. The Morgan fingerprint density at radius 2 is 1.72 bits per heavy atom. The molecule has 0 bridgehead atoms. The number of amides is 2. The molecular formula is C21H26ClN3O3S. The Balaban J connectivity index is 1.65. The van der Waals surface area contributed by atoms with Gasteiger partial charge in [0, 0.05) is 24.7 Å². The molecule has 0 saturated carbocycles. The van der Waals surface area contributed by atoms with Crippen molar-refractivity contribution in [1.82, 2.24) is 14.9 Å². The smallest absolute Gasteiger partial charge is 0.315 e. The Labute approximate surface area is 177 Å². The van der Waals surface area contributed by atoms with Crippen LogP contribution in [0.2, 0.25) is 5.02 Å². The van der Waals surface area contributed by atoms with Crippen LogP contribution in [-0.2, 0) is 16.6 Å². The van der Waals surface area contributed by atoms with E-state index in [1.165, 1.54) is 4.31 Å². The number of hydrogen-bond acceptors (Lipinski definition) is 3. The fourth-order valence-corrected chi connectivity index (χ4v) is 5.27. The van der Waals surface area contributed by atoms with Gasteiger partial charge in [0.15, 0.2) is 0 Å². The van der Waals surface area contributed by atoms with Gasteiger partial charge in [0.05, 0.1) is 10.9 Å². The molecule has 2 aromatic rings. The van der Waals surface area contributed by atoms with Gasteiger partial charge in [-0.1, -0.05) is 48.4 Å². The Bertz CT molecular complexity index is 942. The summed E-state index contributed by atoms with van der Waals surface area (Å²) in [6, 6.07) is 13.5. The molecule has 1 heterocycles. The Morgan fingerprint density at radius 1 is 1.07 bits per heavy atom. The quantitative estimate of drug-likeness (QED) is 0.717. The number of urea groups is 1. The molecule has 0 spiro atoms. The molecule has 1 aliphatic heterocycles. The summed E-state index contributed by atoms with van der Waals surface area (Å²) in [4.78, 5) is 12.6. The summed E-state index contributed by atoms with van der Waals surface area (Å²) in [5, 5.41) is 6.26. The van der Waals surface area contributed by atoms with Crippen LogP contribution in [0.15, 0.2) is 53.4 Å². The molecule has 0 aromatic heterocycles. The van der Waals surface area contributed by atoms with Gasteiger partial charge >= 0.3 is 6.03 Å². The summed E-state index contributed by atoms with van der Waals surface area (Å²) in [5.74, 6) is 0. The zero-order valence-electron chi connectivity index (χ0n) is 16.4. The van der Waals surface area contributed by atoms with Crippen molar-refractivity contribution in [3.63, 3.8) is 0 Å². The third kappa shape index (κ3) is 5.50. The third-order valence-electron chi connectivity index (χ3n) is 5.06. The standard InChI is InChI=1S/C21H26ClN3O3S/c1-16(17-9-11-19(22)12-10-17)24-21(26)23-15-18-7-3-4-8-20(18)29(27,28)25-13-5-2-6-14-25/h3-4,7-12,16H,2,5-6,13-15H2,1H3,(H2,23,24,26)/t16-/m1/s1. The predicted molar refractivity (Wildman–Crippen MR) is 114 cm³/mol. The zero-order valence-corrected chi connectivity index (χ0v) is 18.0. The molecule has 1 aliphatic rings. The molecule has 3 rings (SSSR count). The molecule has 0 unspecified atom stereocenters. The average Bonchev–Trinajstić information content (AvgIpc) is 2.73. The number of hydrogen-bond donors (Lipinski definition) is 2.